The fourth-order valence-electron chi connectivity index (χ4n) is 2.11. The molecule has 0 atom stereocenters. The summed E-state index contributed by atoms with van der Waals surface area (Å²) in [5.41, 5.74) is 5.35. The van der Waals surface area contributed by atoms with Crippen molar-refractivity contribution in [2.45, 2.75) is 13.5 Å². The molecule has 0 saturated carbocycles. The first-order valence-electron chi connectivity index (χ1n) is 7.42. The minimum Gasteiger partial charge on any atom is -0.271 e. The van der Waals surface area contributed by atoms with E-state index >= 15 is 0 Å². The van der Waals surface area contributed by atoms with Crippen LogP contribution in [0.25, 0.3) is 11.4 Å². The van der Waals surface area contributed by atoms with E-state index in [1.807, 2.05) is 61.5 Å². The minimum absolute atomic E-state index is 0.0506. The molecular weight excluding hydrogens is 304 g/mol. The van der Waals surface area contributed by atoms with Crippen molar-refractivity contribution in [2.24, 2.45) is 5.10 Å². The Morgan fingerprint density at radius 1 is 1.21 bits per heavy atom. The zero-order chi connectivity index (χ0) is 16.8. The molecule has 0 bridgehead atoms. The van der Waals surface area contributed by atoms with Gasteiger partial charge in [-0.3, -0.25) is 4.79 Å². The highest BCUT2D eigenvalue weighted by atomic mass is 16.2. The van der Waals surface area contributed by atoms with E-state index < -0.39 is 0 Å². The molecule has 0 fully saturated rings. The van der Waals surface area contributed by atoms with Gasteiger partial charge in [-0.05, 0) is 17.7 Å². The van der Waals surface area contributed by atoms with Crippen LogP contribution in [0.3, 0.4) is 0 Å². The number of amides is 1. The maximum absolute atomic E-state index is 11.9. The largest absolute Gasteiger partial charge is 0.271 e. The number of hydrogen-bond donors (Lipinski definition) is 1. The van der Waals surface area contributed by atoms with Gasteiger partial charge in [0, 0.05) is 5.56 Å². The Balaban J connectivity index is 1.57. The molecule has 1 heterocycles. The number of hydrogen-bond acceptors (Lipinski definition) is 5. The van der Waals surface area contributed by atoms with Crippen molar-refractivity contribution in [3.05, 3.63) is 65.7 Å². The van der Waals surface area contributed by atoms with Crippen LogP contribution < -0.4 is 5.43 Å². The molecule has 3 rings (SSSR count). The third kappa shape index (κ3) is 4.10. The summed E-state index contributed by atoms with van der Waals surface area (Å²) in [5, 5.41) is 15.9. The van der Waals surface area contributed by atoms with Gasteiger partial charge in [0.2, 0.25) is 5.82 Å². The van der Waals surface area contributed by atoms with E-state index in [2.05, 4.69) is 25.9 Å². The summed E-state index contributed by atoms with van der Waals surface area (Å²) < 4.78 is 0. The van der Waals surface area contributed by atoms with Gasteiger partial charge in [0.05, 0.1) is 6.21 Å². The highest BCUT2D eigenvalue weighted by molar-refractivity contribution is 5.82. The summed E-state index contributed by atoms with van der Waals surface area (Å²) in [4.78, 5) is 13.1. The second-order valence-electron chi connectivity index (χ2n) is 5.22. The van der Waals surface area contributed by atoms with Crippen LogP contribution >= 0.6 is 0 Å². The smallest absolute Gasteiger partial charge is 0.263 e. The number of aryl methyl sites for hydroxylation is 1. The zero-order valence-corrected chi connectivity index (χ0v) is 13.1. The number of nitrogens with one attached hydrogen (secondary N) is 1. The molecule has 1 N–H and O–H groups in total. The van der Waals surface area contributed by atoms with Crippen LogP contribution in [0.5, 0.6) is 0 Å². The minimum atomic E-state index is -0.323. The average molecular weight is 320 g/mol. The fourth-order valence-corrected chi connectivity index (χ4v) is 2.11. The number of carbonyl (C=O) groups is 1. The molecule has 2 aromatic carbocycles. The summed E-state index contributed by atoms with van der Waals surface area (Å²) >= 11 is 0. The Morgan fingerprint density at radius 3 is 2.83 bits per heavy atom. The number of nitrogens with zero attached hydrogens (tertiary/aromatic N) is 5. The van der Waals surface area contributed by atoms with Gasteiger partial charge >= 0.3 is 0 Å². The number of hydrazone groups is 1. The number of carbonyl (C=O) groups excluding carboxylic acids is 1. The van der Waals surface area contributed by atoms with Crippen LogP contribution in [0, 0.1) is 6.92 Å². The monoisotopic (exact) mass is 320 g/mol. The van der Waals surface area contributed by atoms with Gasteiger partial charge in [-0.25, -0.2) is 5.43 Å². The van der Waals surface area contributed by atoms with Crippen molar-refractivity contribution in [1.82, 2.24) is 25.6 Å². The van der Waals surface area contributed by atoms with Gasteiger partial charge in [0.1, 0.15) is 6.54 Å². The summed E-state index contributed by atoms with van der Waals surface area (Å²) in [5.74, 6) is 0.155. The summed E-state index contributed by atoms with van der Waals surface area (Å²) in [6.45, 7) is 1.95. The molecule has 1 aromatic heterocycles. The molecule has 0 aliphatic carbocycles. The van der Waals surface area contributed by atoms with Gasteiger partial charge in [-0.1, -0.05) is 60.2 Å². The lowest BCUT2D eigenvalue weighted by atomic mass is 10.2. The molecule has 0 saturated heterocycles. The predicted molar refractivity (Wildman–Crippen MR) is 90.2 cm³/mol. The quantitative estimate of drug-likeness (QED) is 0.574. The Hall–Kier alpha value is -3.35. The van der Waals surface area contributed by atoms with Crippen molar-refractivity contribution in [1.29, 1.82) is 0 Å². The van der Waals surface area contributed by atoms with Crippen molar-refractivity contribution in [3.8, 4) is 11.4 Å². The van der Waals surface area contributed by atoms with Crippen molar-refractivity contribution in [3.63, 3.8) is 0 Å². The van der Waals surface area contributed by atoms with E-state index in [0.717, 1.165) is 16.7 Å². The fraction of sp³-hybridized carbons (Fsp3) is 0.118. The molecule has 7 heteroatoms. The second kappa shape index (κ2) is 7.28. The average Bonchev–Trinajstić information content (AvgIpc) is 3.04. The molecule has 7 nitrogen and oxygen atoms in total. The maximum atomic E-state index is 11.9. The van der Waals surface area contributed by atoms with Crippen molar-refractivity contribution >= 4 is 12.1 Å². The molecule has 0 radical (unpaired) electrons. The Labute approximate surface area is 139 Å². The zero-order valence-electron chi connectivity index (χ0n) is 13.1. The maximum Gasteiger partial charge on any atom is 0.263 e. The third-order valence-corrected chi connectivity index (χ3v) is 3.21. The van der Waals surface area contributed by atoms with E-state index in [4.69, 9.17) is 0 Å². The molecular formula is C17H16N6O. The third-order valence-electron chi connectivity index (χ3n) is 3.21. The number of tetrazole rings is 1. The first-order chi connectivity index (χ1) is 11.7. The first kappa shape index (κ1) is 15.5. The van der Waals surface area contributed by atoms with Crippen molar-refractivity contribution < 1.29 is 4.79 Å². The van der Waals surface area contributed by atoms with Gasteiger partial charge in [-0.15, -0.1) is 10.2 Å². The van der Waals surface area contributed by atoms with E-state index in [-0.39, 0.29) is 12.5 Å². The van der Waals surface area contributed by atoms with E-state index in [1.54, 1.807) is 6.21 Å². The Bertz CT molecular complexity index is 856. The van der Waals surface area contributed by atoms with Crippen LogP contribution in [0.15, 0.2) is 59.7 Å². The van der Waals surface area contributed by atoms with Gasteiger partial charge in [0.25, 0.3) is 5.91 Å². The van der Waals surface area contributed by atoms with Gasteiger partial charge in [-0.2, -0.15) is 9.90 Å². The number of benzene rings is 2. The number of rotatable bonds is 5. The first-order valence-corrected chi connectivity index (χ1v) is 7.42. The van der Waals surface area contributed by atoms with E-state index in [0.29, 0.717) is 5.82 Å². The van der Waals surface area contributed by atoms with Crippen LogP contribution in [0.4, 0.5) is 0 Å². The Morgan fingerprint density at radius 2 is 2.04 bits per heavy atom. The highest BCUT2D eigenvalue weighted by Crippen LogP contribution is 2.11. The van der Waals surface area contributed by atoms with Crippen LogP contribution in [0.1, 0.15) is 11.1 Å². The molecule has 0 unspecified atom stereocenters. The van der Waals surface area contributed by atoms with Crippen LogP contribution in [-0.2, 0) is 11.3 Å². The molecule has 1 amide bonds. The standard InChI is InChI=1S/C17H16N6O/c1-13-6-5-7-14(10-13)11-18-19-16(24)12-23-21-17(20-22-23)15-8-3-2-4-9-15/h2-11H,12H2,1H3,(H,19,24). The van der Waals surface area contributed by atoms with Crippen LogP contribution in [-0.4, -0.2) is 32.3 Å². The summed E-state index contributed by atoms with van der Waals surface area (Å²) in [6, 6.07) is 17.3. The van der Waals surface area contributed by atoms with E-state index in [9.17, 15) is 4.79 Å². The predicted octanol–water partition coefficient (Wildman–Crippen LogP) is 1.80. The SMILES string of the molecule is Cc1cccc(C=NNC(=O)Cn2nnc(-c3ccccc3)n2)c1. The molecule has 24 heavy (non-hydrogen) atoms. The van der Waals surface area contributed by atoms with Crippen molar-refractivity contribution in [2.75, 3.05) is 0 Å². The molecule has 3 aromatic rings. The Kier molecular flexibility index (Phi) is 4.71. The summed E-state index contributed by atoms with van der Waals surface area (Å²) in [7, 11) is 0. The van der Waals surface area contributed by atoms with Gasteiger partial charge in [0.15, 0.2) is 0 Å². The van der Waals surface area contributed by atoms with Gasteiger partial charge < -0.3 is 0 Å². The molecule has 0 aliphatic heterocycles. The second-order valence-corrected chi connectivity index (χ2v) is 5.22. The normalized spacial score (nSPS) is 10.9. The lowest BCUT2D eigenvalue weighted by molar-refractivity contribution is -0.122. The molecule has 0 aliphatic rings. The van der Waals surface area contributed by atoms with E-state index in [1.165, 1.54) is 4.80 Å². The van der Waals surface area contributed by atoms with Crippen LogP contribution in [0.2, 0.25) is 0 Å². The number of aromatic nitrogens is 4. The molecule has 0 spiro atoms. The lowest BCUT2D eigenvalue weighted by Crippen LogP contribution is -2.24. The molecule has 120 valence electrons. The topological polar surface area (TPSA) is 85.1 Å². The lowest BCUT2D eigenvalue weighted by Gasteiger charge is -1.98. The highest BCUT2D eigenvalue weighted by Gasteiger charge is 2.08. The summed E-state index contributed by atoms with van der Waals surface area (Å²) in [6.07, 6.45) is 1.59.